The Kier molecular flexibility index (Phi) is 9.43. The smallest absolute Gasteiger partial charge is 0.410 e. The number of hydrogen-bond donors (Lipinski definition) is 1. The summed E-state index contributed by atoms with van der Waals surface area (Å²) in [4.78, 5) is 48.7. The molecule has 2 fully saturated rings. The van der Waals surface area contributed by atoms with Crippen LogP contribution in [-0.4, -0.2) is 92.6 Å². The lowest BCUT2D eigenvalue weighted by atomic mass is 9.79. The Hall–Kier alpha value is -4.84. The molecule has 6 rings (SSSR count). The second-order valence-electron chi connectivity index (χ2n) is 14.1. The summed E-state index contributed by atoms with van der Waals surface area (Å²) < 4.78 is 19.7. The van der Waals surface area contributed by atoms with Crippen molar-refractivity contribution in [1.82, 2.24) is 23.9 Å². The quantitative estimate of drug-likeness (QED) is 0.302. The number of likely N-dealkylation sites (tertiary alicyclic amines) is 2. The van der Waals surface area contributed by atoms with Crippen molar-refractivity contribution in [1.29, 1.82) is 0 Å². The lowest BCUT2D eigenvalue weighted by Crippen LogP contribution is -2.53. The van der Waals surface area contributed by atoms with Gasteiger partial charge in [0.1, 0.15) is 23.4 Å². The SMILES string of the molecule is COc1cc(OC)cc(-n2ccc3c(=O)n(CC4(O)CCN(C(=O)[C@@H]5CCN(C(=O)OC(C)(C)C)C[C@H]5c5ccccc5)CC4)cnc32)c1. The van der Waals surface area contributed by atoms with Gasteiger partial charge in [-0.1, -0.05) is 30.3 Å². The number of fused-ring (bicyclic) bond motifs is 1. The highest BCUT2D eigenvalue weighted by Gasteiger charge is 2.42. The molecule has 12 heteroatoms. The van der Waals surface area contributed by atoms with Crippen LogP contribution in [0.4, 0.5) is 4.79 Å². The first kappa shape index (κ1) is 34.0. The number of piperidine rings is 2. The zero-order valence-corrected chi connectivity index (χ0v) is 28.8. The van der Waals surface area contributed by atoms with E-state index < -0.39 is 11.2 Å². The van der Waals surface area contributed by atoms with Crippen LogP contribution in [0.1, 0.15) is 51.5 Å². The molecule has 4 aromatic rings. The summed E-state index contributed by atoms with van der Waals surface area (Å²) in [5.41, 5.74) is 0.168. The summed E-state index contributed by atoms with van der Waals surface area (Å²) >= 11 is 0. The highest BCUT2D eigenvalue weighted by molar-refractivity contribution is 5.81. The Labute approximate surface area is 285 Å². The molecular formula is C37H45N5O7. The number of methoxy groups -OCH3 is 2. The van der Waals surface area contributed by atoms with Gasteiger partial charge in [-0.15, -0.1) is 0 Å². The van der Waals surface area contributed by atoms with Crippen LogP contribution in [0.3, 0.4) is 0 Å². The molecule has 0 bridgehead atoms. The van der Waals surface area contributed by atoms with Gasteiger partial charge in [-0.3, -0.25) is 14.2 Å². The molecule has 2 aliphatic rings. The van der Waals surface area contributed by atoms with Crippen LogP contribution in [0.25, 0.3) is 16.7 Å². The average molecular weight is 672 g/mol. The third-order valence-corrected chi connectivity index (χ3v) is 9.56. The molecule has 0 aliphatic carbocycles. The summed E-state index contributed by atoms with van der Waals surface area (Å²) in [6, 6.07) is 17.0. The zero-order valence-electron chi connectivity index (χ0n) is 28.8. The third-order valence-electron chi connectivity index (χ3n) is 9.56. The molecule has 2 aromatic heterocycles. The van der Waals surface area contributed by atoms with Gasteiger partial charge in [0.05, 0.1) is 37.4 Å². The molecule has 2 saturated heterocycles. The van der Waals surface area contributed by atoms with Gasteiger partial charge in [0.2, 0.25) is 5.91 Å². The van der Waals surface area contributed by atoms with Crippen LogP contribution in [0.15, 0.2) is 71.9 Å². The van der Waals surface area contributed by atoms with Gasteiger partial charge in [-0.25, -0.2) is 9.78 Å². The van der Waals surface area contributed by atoms with Crippen molar-refractivity contribution in [3.05, 3.63) is 83.0 Å². The summed E-state index contributed by atoms with van der Waals surface area (Å²) in [6.07, 6.45) is 4.03. The van der Waals surface area contributed by atoms with Gasteiger partial charge in [-0.2, -0.15) is 0 Å². The monoisotopic (exact) mass is 671 g/mol. The van der Waals surface area contributed by atoms with Gasteiger partial charge in [0.15, 0.2) is 5.65 Å². The average Bonchev–Trinajstić information content (AvgIpc) is 3.54. The van der Waals surface area contributed by atoms with Crippen LogP contribution in [0.2, 0.25) is 0 Å². The first-order chi connectivity index (χ1) is 23.4. The topological polar surface area (TPSA) is 128 Å². The van der Waals surface area contributed by atoms with Gasteiger partial charge in [0, 0.05) is 62.4 Å². The molecule has 0 spiro atoms. The van der Waals surface area contributed by atoms with Gasteiger partial charge in [0.25, 0.3) is 5.56 Å². The molecule has 12 nitrogen and oxygen atoms in total. The molecular weight excluding hydrogens is 626 g/mol. The van der Waals surface area contributed by atoms with Crippen molar-refractivity contribution in [2.45, 2.75) is 63.7 Å². The molecule has 2 atom stereocenters. The molecule has 0 saturated carbocycles. The largest absolute Gasteiger partial charge is 0.497 e. The van der Waals surface area contributed by atoms with E-state index in [1.165, 1.54) is 10.9 Å². The van der Waals surface area contributed by atoms with E-state index in [2.05, 4.69) is 4.98 Å². The molecule has 2 amide bonds. The van der Waals surface area contributed by atoms with E-state index >= 15 is 0 Å². The number of benzene rings is 2. The minimum atomic E-state index is -1.18. The lowest BCUT2D eigenvalue weighted by molar-refractivity contribution is -0.142. The Morgan fingerprint density at radius 2 is 1.63 bits per heavy atom. The number of aromatic nitrogens is 3. The van der Waals surface area contributed by atoms with Gasteiger partial charge in [-0.05, 0) is 51.7 Å². The number of carbonyl (C=O) groups excluding carboxylic acids is 2. The number of rotatable bonds is 7. The molecule has 260 valence electrons. The molecule has 49 heavy (non-hydrogen) atoms. The highest BCUT2D eigenvalue weighted by atomic mass is 16.6. The lowest BCUT2D eigenvalue weighted by Gasteiger charge is -2.43. The molecule has 2 aromatic carbocycles. The molecule has 2 aliphatic heterocycles. The molecule has 0 radical (unpaired) electrons. The summed E-state index contributed by atoms with van der Waals surface area (Å²) in [5, 5.41) is 12.1. The van der Waals surface area contributed by atoms with E-state index in [-0.39, 0.29) is 35.9 Å². The third kappa shape index (κ3) is 7.29. The number of hydrogen-bond acceptors (Lipinski definition) is 8. The van der Waals surface area contributed by atoms with Crippen molar-refractivity contribution >= 4 is 23.0 Å². The van der Waals surface area contributed by atoms with E-state index in [1.807, 2.05) is 68.1 Å². The fourth-order valence-electron chi connectivity index (χ4n) is 6.94. The van der Waals surface area contributed by atoms with Crippen molar-refractivity contribution in [3.63, 3.8) is 0 Å². The number of carbonyl (C=O) groups is 2. The Balaban J connectivity index is 1.14. The van der Waals surface area contributed by atoms with Crippen molar-refractivity contribution in [3.8, 4) is 17.2 Å². The maximum atomic E-state index is 14.0. The summed E-state index contributed by atoms with van der Waals surface area (Å²) in [5.74, 6) is 0.750. The molecule has 0 unspecified atom stereocenters. The van der Waals surface area contributed by atoms with E-state index in [0.29, 0.717) is 68.0 Å². The number of nitrogens with zero attached hydrogens (tertiary/aromatic N) is 5. The summed E-state index contributed by atoms with van der Waals surface area (Å²) in [7, 11) is 3.15. The summed E-state index contributed by atoms with van der Waals surface area (Å²) in [6.45, 7) is 7.14. The minimum absolute atomic E-state index is 0.0236. The Morgan fingerprint density at radius 3 is 2.27 bits per heavy atom. The maximum Gasteiger partial charge on any atom is 0.410 e. The Bertz CT molecular complexity index is 1850. The number of aliphatic hydroxyl groups is 1. The fraction of sp³-hybridized carbons (Fsp3) is 0.459. The second-order valence-corrected chi connectivity index (χ2v) is 14.1. The van der Waals surface area contributed by atoms with Crippen molar-refractivity contribution in [2.75, 3.05) is 40.4 Å². The van der Waals surface area contributed by atoms with Crippen LogP contribution in [0.5, 0.6) is 11.5 Å². The second kappa shape index (κ2) is 13.6. The number of amides is 2. The van der Waals surface area contributed by atoms with Crippen LogP contribution in [0, 0.1) is 5.92 Å². The van der Waals surface area contributed by atoms with Crippen molar-refractivity contribution in [2.24, 2.45) is 5.92 Å². The fourth-order valence-corrected chi connectivity index (χ4v) is 6.94. The molecule has 4 heterocycles. The van der Waals surface area contributed by atoms with Crippen molar-refractivity contribution < 1.29 is 28.9 Å². The van der Waals surface area contributed by atoms with E-state index in [4.69, 9.17) is 14.2 Å². The first-order valence-electron chi connectivity index (χ1n) is 16.7. The predicted octanol–water partition coefficient (Wildman–Crippen LogP) is 4.60. The minimum Gasteiger partial charge on any atom is -0.497 e. The zero-order chi connectivity index (χ0) is 34.9. The number of ether oxygens (including phenoxy) is 3. The van der Waals surface area contributed by atoms with Gasteiger partial charge < -0.3 is 33.7 Å². The molecule has 1 N–H and O–H groups in total. The van der Waals surface area contributed by atoms with Crippen LogP contribution < -0.4 is 15.0 Å². The highest BCUT2D eigenvalue weighted by Crippen LogP contribution is 2.36. The standard InChI is InChI=1S/C37H45N5O7/c1-36(2,3)49-35(45)40-15-11-29(31(22-40)25-9-7-6-8-10-25)33(43)39-17-13-37(46,14-18-39)23-41-24-38-32-30(34(41)44)12-16-42(32)26-19-27(47-4)21-28(20-26)48-5/h6-10,12,16,19-21,24,29,31,46H,11,13-15,17-18,22-23H2,1-5H3/t29-,31+/m1/s1. The maximum absolute atomic E-state index is 14.0. The van der Waals surface area contributed by atoms with Crippen LogP contribution in [-0.2, 0) is 16.1 Å². The van der Waals surface area contributed by atoms with E-state index in [1.54, 1.807) is 42.0 Å². The normalized spacial score (nSPS) is 19.5. The van der Waals surface area contributed by atoms with E-state index in [0.717, 1.165) is 11.3 Å². The predicted molar refractivity (Wildman–Crippen MR) is 184 cm³/mol. The first-order valence-corrected chi connectivity index (χ1v) is 16.7. The van der Waals surface area contributed by atoms with Gasteiger partial charge >= 0.3 is 6.09 Å². The van der Waals surface area contributed by atoms with E-state index in [9.17, 15) is 19.5 Å². The Morgan fingerprint density at radius 1 is 0.959 bits per heavy atom. The van der Waals surface area contributed by atoms with Crippen LogP contribution >= 0.6 is 0 Å².